The number of rotatable bonds is 6. The zero-order chi connectivity index (χ0) is 31.4. The lowest BCUT2D eigenvalue weighted by Crippen LogP contribution is -2.41. The van der Waals surface area contributed by atoms with Crippen LogP contribution in [0.5, 0.6) is 0 Å². The fourth-order valence-corrected chi connectivity index (χ4v) is 7.08. The summed E-state index contributed by atoms with van der Waals surface area (Å²) in [5.41, 5.74) is 7.90. The average Bonchev–Trinajstić information content (AvgIpc) is 3.59. The summed E-state index contributed by atoms with van der Waals surface area (Å²) in [6.07, 6.45) is 8.15. The summed E-state index contributed by atoms with van der Waals surface area (Å²) in [6.45, 7) is 6.28. The van der Waals surface area contributed by atoms with Crippen molar-refractivity contribution >= 4 is 17.7 Å². The average molecular weight is 610 g/mol. The Morgan fingerprint density at radius 3 is 2.73 bits per heavy atom. The van der Waals surface area contributed by atoms with E-state index >= 15 is 0 Å². The molecule has 11 heteroatoms. The molecule has 7 rings (SSSR count). The van der Waals surface area contributed by atoms with Crippen LogP contribution in [0.15, 0.2) is 41.5 Å². The predicted octanol–water partition coefficient (Wildman–Crippen LogP) is 3.47. The number of aromatic nitrogens is 5. The third-order valence-electron chi connectivity index (χ3n) is 9.58. The van der Waals surface area contributed by atoms with Crippen molar-refractivity contribution in [3.8, 4) is 11.1 Å². The van der Waals surface area contributed by atoms with Crippen molar-refractivity contribution in [3.05, 3.63) is 86.5 Å². The topological polar surface area (TPSA) is 107 Å². The molecule has 1 atom stereocenters. The number of nitrogens with zero attached hydrogens (tertiary/aromatic N) is 7. The monoisotopic (exact) mass is 609 g/mol. The van der Waals surface area contributed by atoms with Gasteiger partial charge in [-0.1, -0.05) is 0 Å². The molecule has 0 saturated carbocycles. The van der Waals surface area contributed by atoms with Gasteiger partial charge in [-0.25, -0.2) is 4.98 Å². The second-order valence-electron chi connectivity index (χ2n) is 12.7. The minimum atomic E-state index is -0.424. The van der Waals surface area contributed by atoms with Gasteiger partial charge in [-0.05, 0) is 80.6 Å². The van der Waals surface area contributed by atoms with Crippen molar-refractivity contribution in [1.29, 1.82) is 0 Å². The number of amides is 1. The van der Waals surface area contributed by atoms with Crippen LogP contribution in [0.25, 0.3) is 11.1 Å². The number of esters is 1. The van der Waals surface area contributed by atoms with Crippen molar-refractivity contribution in [2.45, 2.75) is 78.2 Å². The highest BCUT2D eigenvalue weighted by atomic mass is 16.5. The maximum Gasteiger partial charge on any atom is 0.302 e. The number of pyridine rings is 2. The first-order valence-corrected chi connectivity index (χ1v) is 15.8. The molecule has 45 heavy (non-hydrogen) atoms. The summed E-state index contributed by atoms with van der Waals surface area (Å²) in [7, 11) is 3.85. The van der Waals surface area contributed by atoms with E-state index in [1.807, 2.05) is 22.9 Å². The molecular weight excluding hydrogens is 570 g/mol. The standard InChI is InChI=1S/C34H39N7O4/c1-21-17-41-27(19-37(21)3)16-26(36-41)14-24-13-25(18-38(4)33(24)43)28-9-10-35-32(29(28)20-45-22(2)42)40-12-11-39-30-8-6-5-7-23(30)15-31(39)34(40)44/h9-10,13,15-16,18,21H,5-8,11-12,14,17,19-20H2,1-4H3. The molecule has 2 aliphatic heterocycles. The fourth-order valence-electron chi connectivity index (χ4n) is 7.08. The van der Waals surface area contributed by atoms with Crippen molar-refractivity contribution < 1.29 is 14.3 Å². The first kappa shape index (κ1) is 29.2. The van der Waals surface area contributed by atoms with Crippen LogP contribution in [-0.2, 0) is 62.1 Å². The van der Waals surface area contributed by atoms with Gasteiger partial charge in [0.05, 0.1) is 17.9 Å². The van der Waals surface area contributed by atoms with E-state index in [0.29, 0.717) is 48.2 Å². The van der Waals surface area contributed by atoms with Crippen molar-refractivity contribution in [3.63, 3.8) is 0 Å². The molecule has 11 nitrogen and oxygen atoms in total. The largest absolute Gasteiger partial charge is 0.461 e. The lowest BCUT2D eigenvalue weighted by molar-refractivity contribution is -0.142. The van der Waals surface area contributed by atoms with E-state index in [0.717, 1.165) is 61.3 Å². The Bertz CT molecular complexity index is 1860. The van der Waals surface area contributed by atoms with Gasteiger partial charge in [-0.15, -0.1) is 0 Å². The molecule has 0 radical (unpaired) electrons. The quantitative estimate of drug-likeness (QED) is 0.308. The molecule has 0 bridgehead atoms. The highest BCUT2D eigenvalue weighted by molar-refractivity contribution is 6.06. The first-order valence-electron chi connectivity index (χ1n) is 15.8. The number of likely N-dealkylation sites (N-methyl/N-ethyl adjacent to an activating group) is 1. The molecule has 0 saturated heterocycles. The lowest BCUT2D eigenvalue weighted by atomic mass is 9.98. The maximum absolute atomic E-state index is 14.0. The summed E-state index contributed by atoms with van der Waals surface area (Å²) >= 11 is 0. The molecule has 1 unspecified atom stereocenters. The van der Waals surface area contributed by atoms with Gasteiger partial charge in [0.25, 0.3) is 11.5 Å². The predicted molar refractivity (Wildman–Crippen MR) is 169 cm³/mol. The second-order valence-corrected chi connectivity index (χ2v) is 12.7. The number of aryl methyl sites for hydroxylation is 2. The van der Waals surface area contributed by atoms with E-state index in [4.69, 9.17) is 9.84 Å². The third-order valence-corrected chi connectivity index (χ3v) is 9.58. The molecule has 3 aliphatic rings. The number of anilines is 1. The van der Waals surface area contributed by atoms with Crippen LogP contribution in [-0.4, -0.2) is 60.3 Å². The van der Waals surface area contributed by atoms with Crippen LogP contribution in [0.1, 0.15) is 70.9 Å². The Labute approximate surface area is 262 Å². The maximum atomic E-state index is 14.0. The van der Waals surface area contributed by atoms with Crippen LogP contribution in [0.4, 0.5) is 5.82 Å². The Morgan fingerprint density at radius 1 is 1.09 bits per heavy atom. The van der Waals surface area contributed by atoms with E-state index in [2.05, 4.69) is 34.5 Å². The Kier molecular flexibility index (Phi) is 7.43. The molecule has 0 spiro atoms. The second kappa shape index (κ2) is 11.4. The summed E-state index contributed by atoms with van der Waals surface area (Å²) < 4.78 is 11.3. The molecule has 4 aromatic rings. The minimum Gasteiger partial charge on any atom is -0.461 e. The van der Waals surface area contributed by atoms with E-state index in [-0.39, 0.29) is 18.1 Å². The van der Waals surface area contributed by atoms with E-state index in [9.17, 15) is 14.4 Å². The number of carbonyl (C=O) groups excluding carboxylic acids is 2. The molecule has 6 heterocycles. The van der Waals surface area contributed by atoms with Crippen molar-refractivity contribution in [2.75, 3.05) is 18.5 Å². The third kappa shape index (κ3) is 5.28. The smallest absolute Gasteiger partial charge is 0.302 e. The normalized spacial score (nSPS) is 18.0. The van der Waals surface area contributed by atoms with Gasteiger partial charge < -0.3 is 13.9 Å². The molecule has 0 fully saturated rings. The lowest BCUT2D eigenvalue weighted by Gasteiger charge is -2.31. The van der Waals surface area contributed by atoms with Gasteiger partial charge in [0, 0.05) is 75.3 Å². The molecular formula is C34H39N7O4. The van der Waals surface area contributed by atoms with Crippen LogP contribution in [0.2, 0.25) is 0 Å². The summed E-state index contributed by atoms with van der Waals surface area (Å²) in [5.74, 6) is -0.0547. The molecule has 0 N–H and O–H groups in total. The van der Waals surface area contributed by atoms with Gasteiger partial charge in [-0.3, -0.25) is 28.9 Å². The molecule has 234 valence electrons. The molecule has 0 aromatic carbocycles. The highest BCUT2D eigenvalue weighted by Gasteiger charge is 2.33. The van der Waals surface area contributed by atoms with Gasteiger partial charge >= 0.3 is 5.97 Å². The Hall–Kier alpha value is -4.51. The first-order chi connectivity index (χ1) is 21.7. The van der Waals surface area contributed by atoms with Crippen LogP contribution >= 0.6 is 0 Å². The fraction of sp³-hybridized carbons (Fsp3) is 0.441. The number of carbonyl (C=O) groups is 2. The number of fused-ring (bicyclic) bond motifs is 4. The zero-order valence-corrected chi connectivity index (χ0v) is 26.4. The molecule has 1 aliphatic carbocycles. The molecule has 4 aromatic heterocycles. The number of hydrogen-bond acceptors (Lipinski definition) is 7. The number of hydrogen-bond donors (Lipinski definition) is 0. The van der Waals surface area contributed by atoms with Gasteiger partial charge in [0.2, 0.25) is 0 Å². The van der Waals surface area contributed by atoms with E-state index in [1.54, 1.807) is 28.9 Å². The van der Waals surface area contributed by atoms with E-state index < -0.39 is 5.97 Å². The van der Waals surface area contributed by atoms with Crippen LogP contribution < -0.4 is 10.5 Å². The van der Waals surface area contributed by atoms with Gasteiger partial charge in [0.1, 0.15) is 18.1 Å². The van der Waals surface area contributed by atoms with Crippen LogP contribution in [0.3, 0.4) is 0 Å². The van der Waals surface area contributed by atoms with Crippen molar-refractivity contribution in [1.82, 2.24) is 28.8 Å². The van der Waals surface area contributed by atoms with Crippen LogP contribution in [0, 0.1) is 0 Å². The zero-order valence-electron chi connectivity index (χ0n) is 26.4. The Balaban J connectivity index is 1.26. The van der Waals surface area contributed by atoms with E-state index in [1.165, 1.54) is 18.2 Å². The summed E-state index contributed by atoms with van der Waals surface area (Å²) in [4.78, 5) is 48.0. The summed E-state index contributed by atoms with van der Waals surface area (Å²) in [6, 6.07) is 8.27. The highest BCUT2D eigenvalue weighted by Crippen LogP contribution is 2.34. The van der Waals surface area contributed by atoms with Gasteiger partial charge in [-0.2, -0.15) is 5.10 Å². The number of ether oxygens (including phenoxy) is 1. The van der Waals surface area contributed by atoms with Crippen molar-refractivity contribution in [2.24, 2.45) is 7.05 Å². The molecule has 1 amide bonds. The summed E-state index contributed by atoms with van der Waals surface area (Å²) in [5, 5.41) is 4.82. The minimum absolute atomic E-state index is 0.0488. The Morgan fingerprint density at radius 2 is 1.91 bits per heavy atom. The SMILES string of the molecule is CC(=O)OCc1c(-c2cc(Cc3cc4n(n3)CC(C)N(C)C4)c(=O)n(C)c2)ccnc1N1CCn2c(cc3c2CCCC3)C1=O. The van der Waals surface area contributed by atoms with Gasteiger partial charge in [0.15, 0.2) is 0 Å².